The third-order valence-corrected chi connectivity index (χ3v) is 8.10. The van der Waals surface area contributed by atoms with E-state index in [-0.39, 0.29) is 19.0 Å². The maximum Gasteiger partial charge on any atom is 0.257 e. The van der Waals surface area contributed by atoms with E-state index in [9.17, 15) is 13.2 Å². The predicted octanol–water partition coefficient (Wildman–Crippen LogP) is 1.20. The van der Waals surface area contributed by atoms with Crippen LogP contribution in [0.15, 0.2) is 11.1 Å². The molecular formula is C19H28N6O3S. The van der Waals surface area contributed by atoms with Gasteiger partial charge in [0.2, 0.25) is 10.0 Å². The van der Waals surface area contributed by atoms with E-state index in [0.29, 0.717) is 41.5 Å². The van der Waals surface area contributed by atoms with Crippen molar-refractivity contribution in [1.82, 2.24) is 28.8 Å². The molecule has 1 amide bonds. The Labute approximate surface area is 171 Å². The minimum atomic E-state index is -3.63. The van der Waals surface area contributed by atoms with Gasteiger partial charge in [-0.25, -0.2) is 8.42 Å². The first kappa shape index (κ1) is 20.1. The zero-order valence-electron chi connectivity index (χ0n) is 17.3. The third kappa shape index (κ3) is 3.38. The van der Waals surface area contributed by atoms with Crippen molar-refractivity contribution >= 4 is 15.9 Å². The molecule has 1 fully saturated rings. The SMILES string of the molecule is CCn1nc(C)c(S(=O)(=O)N2CCN(C(=O)c3cnn4c3CCCC4)CC2)c1C. The molecule has 0 spiro atoms. The Morgan fingerprint density at radius 3 is 2.48 bits per heavy atom. The molecule has 2 aromatic heterocycles. The van der Waals surface area contributed by atoms with Crippen molar-refractivity contribution in [3.05, 3.63) is 28.8 Å². The van der Waals surface area contributed by atoms with E-state index in [2.05, 4.69) is 10.2 Å². The second kappa shape index (κ2) is 7.56. The summed E-state index contributed by atoms with van der Waals surface area (Å²) in [4.78, 5) is 15.0. The molecule has 0 aliphatic carbocycles. The van der Waals surface area contributed by atoms with Crippen molar-refractivity contribution in [3.8, 4) is 0 Å². The van der Waals surface area contributed by atoms with Gasteiger partial charge in [0.1, 0.15) is 4.90 Å². The van der Waals surface area contributed by atoms with Gasteiger partial charge in [-0.3, -0.25) is 14.2 Å². The number of rotatable bonds is 4. The first-order chi connectivity index (χ1) is 13.8. The van der Waals surface area contributed by atoms with Gasteiger partial charge in [-0.2, -0.15) is 14.5 Å². The molecule has 158 valence electrons. The maximum atomic E-state index is 13.2. The van der Waals surface area contributed by atoms with Gasteiger partial charge in [0.25, 0.3) is 5.91 Å². The third-order valence-electron chi connectivity index (χ3n) is 5.95. The summed E-state index contributed by atoms with van der Waals surface area (Å²) in [5, 5.41) is 8.69. The van der Waals surface area contributed by atoms with E-state index in [1.165, 1.54) is 4.31 Å². The molecule has 0 bridgehead atoms. The molecule has 4 heterocycles. The largest absolute Gasteiger partial charge is 0.336 e. The number of amides is 1. The van der Waals surface area contributed by atoms with Crippen LogP contribution in [0.2, 0.25) is 0 Å². The number of piperazine rings is 1. The van der Waals surface area contributed by atoms with Gasteiger partial charge in [-0.15, -0.1) is 0 Å². The smallest absolute Gasteiger partial charge is 0.257 e. The number of carbonyl (C=O) groups is 1. The highest BCUT2D eigenvalue weighted by Gasteiger charge is 2.35. The van der Waals surface area contributed by atoms with Gasteiger partial charge in [-0.05, 0) is 40.0 Å². The lowest BCUT2D eigenvalue weighted by molar-refractivity contribution is 0.0696. The zero-order chi connectivity index (χ0) is 20.8. The highest BCUT2D eigenvalue weighted by molar-refractivity contribution is 7.89. The van der Waals surface area contributed by atoms with E-state index in [0.717, 1.165) is 31.5 Å². The maximum absolute atomic E-state index is 13.2. The van der Waals surface area contributed by atoms with Crippen LogP contribution in [0.4, 0.5) is 0 Å². The molecule has 29 heavy (non-hydrogen) atoms. The number of nitrogens with zero attached hydrogens (tertiary/aromatic N) is 6. The normalized spacial score (nSPS) is 18.1. The van der Waals surface area contributed by atoms with Crippen molar-refractivity contribution < 1.29 is 13.2 Å². The van der Waals surface area contributed by atoms with E-state index in [1.807, 2.05) is 11.6 Å². The molecule has 0 unspecified atom stereocenters. The Morgan fingerprint density at radius 2 is 1.83 bits per heavy atom. The van der Waals surface area contributed by atoms with Crippen LogP contribution in [0.3, 0.4) is 0 Å². The van der Waals surface area contributed by atoms with Crippen molar-refractivity contribution in [3.63, 3.8) is 0 Å². The Hall–Kier alpha value is -2.20. The van der Waals surface area contributed by atoms with Crippen molar-refractivity contribution in [2.24, 2.45) is 0 Å². The molecule has 2 aromatic rings. The molecule has 0 saturated carbocycles. The van der Waals surface area contributed by atoms with Gasteiger partial charge in [-0.1, -0.05) is 0 Å². The standard InChI is InChI=1S/C19H28N6O3S/c1-4-24-15(3)18(14(2)21-24)29(27,28)23-11-9-22(10-12-23)19(26)16-13-20-25-8-6-5-7-17(16)25/h13H,4-12H2,1-3H3. The first-order valence-corrected chi connectivity index (χ1v) is 11.7. The highest BCUT2D eigenvalue weighted by atomic mass is 32.2. The zero-order valence-corrected chi connectivity index (χ0v) is 18.1. The van der Waals surface area contributed by atoms with E-state index >= 15 is 0 Å². The Balaban J connectivity index is 1.49. The van der Waals surface area contributed by atoms with Gasteiger partial charge in [0, 0.05) is 39.3 Å². The minimum absolute atomic E-state index is 0.0450. The fourth-order valence-electron chi connectivity index (χ4n) is 4.39. The average Bonchev–Trinajstić information content (AvgIpc) is 3.28. The van der Waals surface area contributed by atoms with Crippen molar-refractivity contribution in [2.45, 2.75) is 58.0 Å². The van der Waals surface area contributed by atoms with Crippen LogP contribution in [0.5, 0.6) is 0 Å². The molecule has 2 aliphatic heterocycles. The Bertz CT molecular complexity index is 1030. The topological polar surface area (TPSA) is 93.3 Å². The molecule has 4 rings (SSSR count). The van der Waals surface area contributed by atoms with Crippen LogP contribution < -0.4 is 0 Å². The molecule has 0 radical (unpaired) electrons. The second-order valence-electron chi connectivity index (χ2n) is 7.70. The highest BCUT2D eigenvalue weighted by Crippen LogP contribution is 2.25. The molecule has 9 nitrogen and oxygen atoms in total. The molecule has 0 aromatic carbocycles. The van der Waals surface area contributed by atoms with Crippen LogP contribution in [0.1, 0.15) is 47.2 Å². The van der Waals surface area contributed by atoms with E-state index in [4.69, 9.17) is 0 Å². The number of carbonyl (C=O) groups excluding carboxylic acids is 1. The minimum Gasteiger partial charge on any atom is -0.336 e. The molecule has 1 saturated heterocycles. The molecule has 10 heteroatoms. The molecular weight excluding hydrogens is 392 g/mol. The summed E-state index contributed by atoms with van der Waals surface area (Å²) >= 11 is 0. The second-order valence-corrected chi connectivity index (χ2v) is 9.57. The molecule has 0 atom stereocenters. The van der Waals surface area contributed by atoms with Crippen LogP contribution in [0, 0.1) is 13.8 Å². The van der Waals surface area contributed by atoms with Crippen LogP contribution in [0.25, 0.3) is 0 Å². The lowest BCUT2D eigenvalue weighted by Crippen LogP contribution is -2.50. The first-order valence-electron chi connectivity index (χ1n) is 10.2. The van der Waals surface area contributed by atoms with E-state index < -0.39 is 10.0 Å². The molecule has 0 N–H and O–H groups in total. The Morgan fingerprint density at radius 1 is 1.10 bits per heavy atom. The Kier molecular flexibility index (Phi) is 5.24. The number of aryl methyl sites for hydroxylation is 3. The monoisotopic (exact) mass is 420 g/mol. The number of aromatic nitrogens is 4. The van der Waals surface area contributed by atoms with Gasteiger partial charge in [0.15, 0.2) is 0 Å². The summed E-state index contributed by atoms with van der Waals surface area (Å²) in [6.07, 6.45) is 4.70. The molecule has 2 aliphatic rings. The lowest BCUT2D eigenvalue weighted by atomic mass is 10.1. The van der Waals surface area contributed by atoms with Gasteiger partial charge in [0.05, 0.1) is 28.8 Å². The number of fused-ring (bicyclic) bond motifs is 1. The predicted molar refractivity (Wildman–Crippen MR) is 107 cm³/mol. The number of hydrogen-bond donors (Lipinski definition) is 0. The van der Waals surface area contributed by atoms with Crippen LogP contribution >= 0.6 is 0 Å². The summed E-state index contributed by atoms with van der Waals surface area (Å²) in [5.74, 6) is -0.0450. The summed E-state index contributed by atoms with van der Waals surface area (Å²) in [5.41, 5.74) is 2.86. The average molecular weight is 421 g/mol. The number of sulfonamides is 1. The fourth-order valence-corrected chi connectivity index (χ4v) is 6.19. The summed E-state index contributed by atoms with van der Waals surface area (Å²) < 4.78 is 31.5. The van der Waals surface area contributed by atoms with Gasteiger partial charge < -0.3 is 4.90 Å². The van der Waals surface area contributed by atoms with Crippen LogP contribution in [-0.4, -0.2) is 69.3 Å². The van der Waals surface area contributed by atoms with Crippen molar-refractivity contribution in [1.29, 1.82) is 0 Å². The summed E-state index contributed by atoms with van der Waals surface area (Å²) in [6.45, 7) is 8.27. The lowest BCUT2D eigenvalue weighted by Gasteiger charge is -2.34. The van der Waals surface area contributed by atoms with Crippen LogP contribution in [-0.2, 0) is 29.5 Å². The number of hydrogen-bond acceptors (Lipinski definition) is 5. The quantitative estimate of drug-likeness (QED) is 0.741. The van der Waals surface area contributed by atoms with E-state index in [1.54, 1.807) is 29.6 Å². The summed E-state index contributed by atoms with van der Waals surface area (Å²) in [7, 11) is -3.63. The van der Waals surface area contributed by atoms with Crippen molar-refractivity contribution in [2.75, 3.05) is 26.2 Å². The summed E-state index contributed by atoms with van der Waals surface area (Å²) in [6, 6.07) is 0. The van der Waals surface area contributed by atoms with Gasteiger partial charge >= 0.3 is 0 Å². The fraction of sp³-hybridized carbons (Fsp3) is 0.632.